The van der Waals surface area contributed by atoms with Gasteiger partial charge in [0.15, 0.2) is 29.2 Å². The van der Waals surface area contributed by atoms with Gasteiger partial charge in [-0.25, -0.2) is 0 Å². The highest BCUT2D eigenvalue weighted by Crippen LogP contribution is 2.42. The Morgan fingerprint density at radius 2 is 1.87 bits per heavy atom. The van der Waals surface area contributed by atoms with Crippen molar-refractivity contribution in [1.29, 1.82) is 0 Å². The van der Waals surface area contributed by atoms with E-state index in [1.807, 2.05) is 19.9 Å². The molecule has 0 aliphatic rings. The summed E-state index contributed by atoms with van der Waals surface area (Å²) in [5.41, 5.74) is 3.62. The number of carbonyl (C=O) groups excluding carboxylic acids is 2. The van der Waals surface area contributed by atoms with Gasteiger partial charge in [-0.2, -0.15) is 0 Å². The average molecular weight is 420 g/mol. The molecular weight excluding hydrogens is 400 g/mol. The first kappa shape index (κ1) is 19.9. The number of ether oxygens (including phenoxy) is 1. The maximum atomic E-state index is 13.7. The summed E-state index contributed by atoms with van der Waals surface area (Å²) >= 11 is 1.23. The van der Waals surface area contributed by atoms with Crippen LogP contribution in [-0.2, 0) is 0 Å². The van der Waals surface area contributed by atoms with Crippen molar-refractivity contribution in [3.05, 3.63) is 69.1 Å². The summed E-state index contributed by atoms with van der Waals surface area (Å²) < 4.78 is 11.4. The Morgan fingerprint density at radius 3 is 2.53 bits per heavy atom. The molecule has 0 unspecified atom stereocenters. The lowest BCUT2D eigenvalue weighted by atomic mass is 9.96. The molecule has 0 spiro atoms. The minimum atomic E-state index is -0.241. The number of aromatic hydroxyl groups is 1. The average Bonchev–Trinajstić information content (AvgIpc) is 3.36. The van der Waals surface area contributed by atoms with Gasteiger partial charge < -0.3 is 14.3 Å². The first-order chi connectivity index (χ1) is 14.3. The van der Waals surface area contributed by atoms with Gasteiger partial charge in [0.2, 0.25) is 0 Å². The van der Waals surface area contributed by atoms with Crippen molar-refractivity contribution < 1.29 is 23.8 Å². The first-order valence-corrected chi connectivity index (χ1v) is 10.2. The van der Waals surface area contributed by atoms with Crippen molar-refractivity contribution in [2.75, 3.05) is 7.11 Å². The number of rotatable bonds is 5. The summed E-state index contributed by atoms with van der Waals surface area (Å²) in [6, 6.07) is 10.5. The highest BCUT2D eigenvalue weighted by Gasteiger charge is 2.27. The molecule has 152 valence electrons. The van der Waals surface area contributed by atoms with E-state index in [2.05, 4.69) is 0 Å². The summed E-state index contributed by atoms with van der Waals surface area (Å²) in [5.74, 6) is 0.726. The third kappa shape index (κ3) is 3.09. The van der Waals surface area contributed by atoms with E-state index in [1.54, 1.807) is 44.4 Å². The summed E-state index contributed by atoms with van der Waals surface area (Å²) in [4.78, 5) is 26.0. The molecule has 2 heterocycles. The molecule has 1 N–H and O–H groups in total. The van der Waals surface area contributed by atoms with Crippen LogP contribution in [0.4, 0.5) is 0 Å². The van der Waals surface area contributed by atoms with Crippen molar-refractivity contribution in [3.8, 4) is 22.1 Å². The van der Waals surface area contributed by atoms with Crippen LogP contribution in [0, 0.1) is 20.8 Å². The number of carbonyl (C=O) groups is 2. The van der Waals surface area contributed by atoms with E-state index >= 15 is 0 Å². The lowest BCUT2D eigenvalue weighted by Crippen LogP contribution is -2.04. The number of thiophene rings is 1. The van der Waals surface area contributed by atoms with Crippen molar-refractivity contribution in [1.82, 2.24) is 0 Å². The molecular formula is C24H20O5S. The predicted molar refractivity (Wildman–Crippen MR) is 117 cm³/mol. The third-order valence-corrected chi connectivity index (χ3v) is 6.34. The largest absolute Gasteiger partial charge is 0.504 e. The van der Waals surface area contributed by atoms with E-state index in [-0.39, 0.29) is 17.1 Å². The topological polar surface area (TPSA) is 76.7 Å². The standard InChI is InChI=1S/C24H20O5S/c1-12-5-7-17-20(22(27)15-9-13(2)14(3)18(10-15)28-4)24(29-23(17)21(12)26)19-8-6-16(11-25)30-19/h5-11,26H,1-4H3. The molecule has 30 heavy (non-hydrogen) atoms. The summed E-state index contributed by atoms with van der Waals surface area (Å²) in [6.07, 6.45) is 0.758. The van der Waals surface area contributed by atoms with Crippen LogP contribution in [0.1, 0.15) is 42.3 Å². The van der Waals surface area contributed by atoms with Crippen LogP contribution >= 0.6 is 11.3 Å². The predicted octanol–water partition coefficient (Wildman–Crippen LogP) is 5.84. The van der Waals surface area contributed by atoms with Crippen molar-refractivity contribution in [2.24, 2.45) is 0 Å². The zero-order chi connectivity index (χ0) is 21.6. The number of aryl methyl sites for hydroxylation is 2. The number of hydrogen-bond acceptors (Lipinski definition) is 6. The van der Waals surface area contributed by atoms with Gasteiger partial charge in [-0.1, -0.05) is 6.07 Å². The maximum absolute atomic E-state index is 13.7. The molecule has 2 aromatic carbocycles. The van der Waals surface area contributed by atoms with Crippen molar-refractivity contribution in [2.45, 2.75) is 20.8 Å². The quantitative estimate of drug-likeness (QED) is 0.324. The molecule has 0 fully saturated rings. The smallest absolute Gasteiger partial charge is 0.197 e. The fourth-order valence-electron chi connectivity index (χ4n) is 3.50. The molecule has 0 aliphatic heterocycles. The molecule has 2 aromatic heterocycles. The fraction of sp³-hybridized carbons (Fsp3) is 0.167. The number of fused-ring (bicyclic) bond motifs is 1. The number of furan rings is 1. The van der Waals surface area contributed by atoms with Gasteiger partial charge in [0.1, 0.15) is 5.75 Å². The highest BCUT2D eigenvalue weighted by atomic mass is 32.1. The molecule has 0 saturated carbocycles. The number of aldehydes is 1. The number of ketones is 1. The molecule has 4 rings (SSSR count). The van der Waals surface area contributed by atoms with E-state index in [9.17, 15) is 14.7 Å². The number of benzene rings is 2. The van der Waals surface area contributed by atoms with E-state index in [1.165, 1.54) is 11.3 Å². The van der Waals surface area contributed by atoms with E-state index < -0.39 is 0 Å². The summed E-state index contributed by atoms with van der Waals surface area (Å²) in [5, 5.41) is 11.1. The molecule has 4 aromatic rings. The highest BCUT2D eigenvalue weighted by molar-refractivity contribution is 7.17. The van der Waals surface area contributed by atoms with Crippen LogP contribution in [0.3, 0.4) is 0 Å². The normalized spacial score (nSPS) is 11.1. The number of hydrogen-bond donors (Lipinski definition) is 1. The van der Waals surface area contributed by atoms with Gasteiger partial charge in [-0.15, -0.1) is 11.3 Å². The Morgan fingerprint density at radius 1 is 1.10 bits per heavy atom. The molecule has 0 saturated heterocycles. The maximum Gasteiger partial charge on any atom is 0.197 e. The van der Waals surface area contributed by atoms with Gasteiger partial charge in [0.25, 0.3) is 0 Å². The van der Waals surface area contributed by atoms with Crippen LogP contribution < -0.4 is 4.74 Å². The van der Waals surface area contributed by atoms with E-state index in [0.717, 1.165) is 17.4 Å². The SMILES string of the molecule is COc1cc(C(=O)c2c(-c3ccc(C=O)s3)oc3c(O)c(C)ccc23)cc(C)c1C. The monoisotopic (exact) mass is 420 g/mol. The first-order valence-electron chi connectivity index (χ1n) is 9.36. The van der Waals surface area contributed by atoms with Gasteiger partial charge in [-0.3, -0.25) is 9.59 Å². The minimum Gasteiger partial charge on any atom is -0.504 e. The molecule has 0 amide bonds. The second-order valence-corrected chi connectivity index (χ2v) is 8.30. The Labute approximate surface area is 177 Å². The second-order valence-electron chi connectivity index (χ2n) is 7.18. The molecule has 0 radical (unpaired) electrons. The minimum absolute atomic E-state index is 0.00219. The zero-order valence-electron chi connectivity index (χ0n) is 17.0. The Balaban J connectivity index is 2.00. The molecule has 0 aliphatic carbocycles. The van der Waals surface area contributed by atoms with Gasteiger partial charge in [0.05, 0.1) is 22.4 Å². The van der Waals surface area contributed by atoms with Gasteiger partial charge in [-0.05, 0) is 67.8 Å². The number of phenols is 1. The molecule has 5 nitrogen and oxygen atoms in total. The van der Waals surface area contributed by atoms with Crippen LogP contribution in [0.25, 0.3) is 21.6 Å². The van der Waals surface area contributed by atoms with Gasteiger partial charge in [0, 0.05) is 10.9 Å². The molecule has 0 atom stereocenters. The van der Waals surface area contributed by atoms with Crippen molar-refractivity contribution in [3.63, 3.8) is 0 Å². The van der Waals surface area contributed by atoms with E-state index in [4.69, 9.17) is 9.15 Å². The van der Waals surface area contributed by atoms with Crippen LogP contribution in [0.5, 0.6) is 11.5 Å². The zero-order valence-corrected chi connectivity index (χ0v) is 17.8. The van der Waals surface area contributed by atoms with Crippen molar-refractivity contribution >= 4 is 34.4 Å². The van der Waals surface area contributed by atoms with E-state index in [0.29, 0.717) is 43.3 Å². The lowest BCUT2D eigenvalue weighted by Gasteiger charge is -2.11. The Kier molecular flexibility index (Phi) is 4.95. The molecule has 0 bridgehead atoms. The lowest BCUT2D eigenvalue weighted by molar-refractivity contribution is 0.103. The Hall–Kier alpha value is -3.38. The Bertz CT molecular complexity index is 1310. The fourth-order valence-corrected chi connectivity index (χ4v) is 4.31. The van der Waals surface area contributed by atoms with Crippen LogP contribution in [-0.4, -0.2) is 24.3 Å². The van der Waals surface area contributed by atoms with Crippen LogP contribution in [0.2, 0.25) is 0 Å². The third-order valence-electron chi connectivity index (χ3n) is 5.33. The summed E-state index contributed by atoms with van der Waals surface area (Å²) in [6.45, 7) is 5.63. The second kappa shape index (κ2) is 7.46. The number of phenolic OH excluding ortho intramolecular Hbond substituents is 1. The molecule has 6 heteroatoms. The van der Waals surface area contributed by atoms with Gasteiger partial charge >= 0.3 is 0 Å². The number of methoxy groups -OCH3 is 1. The summed E-state index contributed by atoms with van der Waals surface area (Å²) in [7, 11) is 1.57. The van der Waals surface area contributed by atoms with Crippen LogP contribution in [0.15, 0.2) is 40.8 Å².